The molecule has 2 rings (SSSR count). The standard InChI is InChI=1S/C15H18FN3O3/c1-9-7-11(3-4-12(9)16)15-18-14(22-19-15)6-5-13(21)17-8-10(2)20/h3-4,7,10,20H,5-6,8H2,1-2H3,(H,17,21). The lowest BCUT2D eigenvalue weighted by Crippen LogP contribution is -2.30. The van der Waals surface area contributed by atoms with Crippen molar-refractivity contribution in [2.75, 3.05) is 6.54 Å². The number of aromatic nitrogens is 2. The molecule has 1 unspecified atom stereocenters. The molecule has 7 heteroatoms. The number of hydrogen-bond donors (Lipinski definition) is 2. The quantitative estimate of drug-likeness (QED) is 0.846. The second-order valence-corrected chi connectivity index (χ2v) is 5.13. The Balaban J connectivity index is 1.94. The number of aliphatic hydroxyl groups excluding tert-OH is 1. The van der Waals surface area contributed by atoms with Gasteiger partial charge in [-0.05, 0) is 37.6 Å². The predicted octanol–water partition coefficient (Wildman–Crippen LogP) is 1.61. The molecule has 1 aromatic heterocycles. The predicted molar refractivity (Wildman–Crippen MR) is 77.4 cm³/mol. The van der Waals surface area contributed by atoms with Crippen molar-refractivity contribution in [1.29, 1.82) is 0 Å². The highest BCUT2D eigenvalue weighted by atomic mass is 19.1. The summed E-state index contributed by atoms with van der Waals surface area (Å²) in [5.41, 5.74) is 1.16. The molecule has 6 nitrogen and oxygen atoms in total. The maximum atomic E-state index is 13.2. The van der Waals surface area contributed by atoms with Crippen molar-refractivity contribution in [1.82, 2.24) is 15.5 Å². The van der Waals surface area contributed by atoms with Crippen molar-refractivity contribution in [3.05, 3.63) is 35.5 Å². The van der Waals surface area contributed by atoms with E-state index in [2.05, 4.69) is 15.5 Å². The molecule has 1 aromatic carbocycles. The third kappa shape index (κ3) is 4.36. The Hall–Kier alpha value is -2.28. The molecule has 0 bridgehead atoms. The third-order valence-corrected chi connectivity index (χ3v) is 3.04. The molecule has 0 aliphatic rings. The van der Waals surface area contributed by atoms with E-state index in [0.717, 1.165) is 0 Å². The van der Waals surface area contributed by atoms with Gasteiger partial charge in [0.1, 0.15) is 5.82 Å². The van der Waals surface area contributed by atoms with Gasteiger partial charge in [0, 0.05) is 24.9 Å². The van der Waals surface area contributed by atoms with E-state index in [1.807, 2.05) is 0 Å². The lowest BCUT2D eigenvalue weighted by atomic mass is 10.1. The van der Waals surface area contributed by atoms with Crippen molar-refractivity contribution >= 4 is 5.91 Å². The lowest BCUT2D eigenvalue weighted by Gasteiger charge is -2.05. The Labute approximate surface area is 127 Å². The van der Waals surface area contributed by atoms with Crippen LogP contribution in [-0.4, -0.2) is 33.8 Å². The van der Waals surface area contributed by atoms with Crippen LogP contribution in [0.5, 0.6) is 0 Å². The Morgan fingerprint density at radius 1 is 1.50 bits per heavy atom. The molecule has 0 aliphatic carbocycles. The number of nitrogens with zero attached hydrogens (tertiary/aromatic N) is 2. The van der Waals surface area contributed by atoms with Gasteiger partial charge in [-0.2, -0.15) is 4.98 Å². The number of halogens is 1. The maximum absolute atomic E-state index is 13.2. The monoisotopic (exact) mass is 307 g/mol. The van der Waals surface area contributed by atoms with E-state index in [1.165, 1.54) is 6.07 Å². The minimum atomic E-state index is -0.583. The van der Waals surface area contributed by atoms with E-state index in [9.17, 15) is 9.18 Å². The number of carbonyl (C=O) groups is 1. The van der Waals surface area contributed by atoms with Crippen LogP contribution in [0.2, 0.25) is 0 Å². The van der Waals surface area contributed by atoms with Crippen molar-refractivity contribution in [2.24, 2.45) is 0 Å². The first-order chi connectivity index (χ1) is 10.5. The Morgan fingerprint density at radius 3 is 2.95 bits per heavy atom. The minimum Gasteiger partial charge on any atom is -0.392 e. The minimum absolute atomic E-state index is 0.191. The summed E-state index contributed by atoms with van der Waals surface area (Å²) in [5, 5.41) is 15.5. The SMILES string of the molecule is Cc1cc(-c2noc(CCC(=O)NCC(C)O)n2)ccc1F. The summed E-state index contributed by atoms with van der Waals surface area (Å²) >= 11 is 0. The molecular formula is C15H18FN3O3. The summed E-state index contributed by atoms with van der Waals surface area (Å²) in [4.78, 5) is 15.7. The zero-order valence-corrected chi connectivity index (χ0v) is 12.5. The highest BCUT2D eigenvalue weighted by Gasteiger charge is 2.12. The Morgan fingerprint density at radius 2 is 2.27 bits per heavy atom. The topological polar surface area (TPSA) is 88.2 Å². The molecule has 22 heavy (non-hydrogen) atoms. The third-order valence-electron chi connectivity index (χ3n) is 3.04. The summed E-state index contributed by atoms with van der Waals surface area (Å²) in [7, 11) is 0. The lowest BCUT2D eigenvalue weighted by molar-refractivity contribution is -0.121. The summed E-state index contributed by atoms with van der Waals surface area (Å²) < 4.78 is 18.3. The number of rotatable bonds is 6. The number of benzene rings is 1. The van der Waals surface area contributed by atoms with Gasteiger partial charge in [-0.15, -0.1) is 0 Å². The molecule has 0 spiro atoms. The Kier molecular flexibility index (Phi) is 5.21. The first-order valence-corrected chi connectivity index (χ1v) is 6.99. The van der Waals surface area contributed by atoms with Crippen LogP contribution in [0.4, 0.5) is 4.39 Å². The highest BCUT2D eigenvalue weighted by molar-refractivity contribution is 5.76. The molecule has 2 aromatic rings. The molecule has 118 valence electrons. The van der Waals surface area contributed by atoms with Crippen LogP contribution in [0.25, 0.3) is 11.4 Å². The molecule has 0 radical (unpaired) electrons. The van der Waals surface area contributed by atoms with Crippen LogP contribution < -0.4 is 5.32 Å². The molecule has 1 amide bonds. The van der Waals surface area contributed by atoms with Crippen molar-refractivity contribution in [3.8, 4) is 11.4 Å². The zero-order valence-electron chi connectivity index (χ0n) is 12.5. The fourth-order valence-electron chi connectivity index (χ4n) is 1.83. The molecular weight excluding hydrogens is 289 g/mol. The molecule has 1 atom stereocenters. The van der Waals surface area contributed by atoms with Crippen molar-refractivity contribution in [3.63, 3.8) is 0 Å². The molecule has 0 saturated carbocycles. The number of hydrogen-bond acceptors (Lipinski definition) is 5. The number of carbonyl (C=O) groups excluding carboxylic acids is 1. The van der Waals surface area contributed by atoms with Gasteiger partial charge in [-0.3, -0.25) is 4.79 Å². The van der Waals surface area contributed by atoms with E-state index in [-0.39, 0.29) is 24.7 Å². The van der Waals surface area contributed by atoms with Crippen LogP contribution in [0.3, 0.4) is 0 Å². The zero-order chi connectivity index (χ0) is 16.1. The van der Waals surface area contributed by atoms with Gasteiger partial charge >= 0.3 is 0 Å². The molecule has 0 fully saturated rings. The fourth-order valence-corrected chi connectivity index (χ4v) is 1.83. The number of nitrogens with one attached hydrogen (secondary N) is 1. The Bertz CT molecular complexity index is 655. The van der Waals surface area contributed by atoms with E-state index in [0.29, 0.717) is 29.3 Å². The van der Waals surface area contributed by atoms with E-state index < -0.39 is 6.10 Å². The number of aliphatic hydroxyl groups is 1. The van der Waals surface area contributed by atoms with Crippen LogP contribution >= 0.6 is 0 Å². The molecule has 1 heterocycles. The highest BCUT2D eigenvalue weighted by Crippen LogP contribution is 2.19. The largest absolute Gasteiger partial charge is 0.392 e. The second-order valence-electron chi connectivity index (χ2n) is 5.13. The maximum Gasteiger partial charge on any atom is 0.227 e. The summed E-state index contributed by atoms with van der Waals surface area (Å²) in [6.07, 6.45) is -0.0871. The van der Waals surface area contributed by atoms with Gasteiger partial charge < -0.3 is 14.9 Å². The first kappa shape index (κ1) is 16.1. The van der Waals surface area contributed by atoms with Crippen LogP contribution in [-0.2, 0) is 11.2 Å². The van der Waals surface area contributed by atoms with Gasteiger partial charge in [0.25, 0.3) is 0 Å². The smallest absolute Gasteiger partial charge is 0.227 e. The van der Waals surface area contributed by atoms with Crippen molar-refractivity contribution < 1.29 is 18.8 Å². The normalized spacial score (nSPS) is 12.2. The van der Waals surface area contributed by atoms with E-state index in [4.69, 9.17) is 9.63 Å². The average Bonchev–Trinajstić information content (AvgIpc) is 2.94. The van der Waals surface area contributed by atoms with E-state index in [1.54, 1.807) is 26.0 Å². The van der Waals surface area contributed by atoms with Crippen LogP contribution in [0.1, 0.15) is 24.8 Å². The summed E-state index contributed by atoms with van der Waals surface area (Å²) in [6, 6.07) is 4.57. The van der Waals surface area contributed by atoms with Gasteiger partial charge in [-0.25, -0.2) is 4.39 Å². The second kappa shape index (κ2) is 7.13. The van der Waals surface area contributed by atoms with E-state index >= 15 is 0 Å². The molecule has 2 N–H and O–H groups in total. The molecule has 0 saturated heterocycles. The van der Waals surface area contributed by atoms with Gasteiger partial charge in [0.15, 0.2) is 0 Å². The first-order valence-electron chi connectivity index (χ1n) is 6.99. The van der Waals surface area contributed by atoms with Gasteiger partial charge in [0.2, 0.25) is 17.6 Å². The molecule has 0 aliphatic heterocycles. The summed E-state index contributed by atoms with van der Waals surface area (Å²) in [5.74, 6) is 0.215. The van der Waals surface area contributed by atoms with Crippen molar-refractivity contribution in [2.45, 2.75) is 32.8 Å². The number of amides is 1. The van der Waals surface area contributed by atoms with Crippen LogP contribution in [0, 0.1) is 12.7 Å². The number of aryl methyl sites for hydroxylation is 2. The fraction of sp³-hybridized carbons (Fsp3) is 0.400. The van der Waals surface area contributed by atoms with Gasteiger partial charge in [-0.1, -0.05) is 5.16 Å². The average molecular weight is 307 g/mol. The summed E-state index contributed by atoms with van der Waals surface area (Å²) in [6.45, 7) is 3.46. The van der Waals surface area contributed by atoms with Crippen LogP contribution in [0.15, 0.2) is 22.7 Å². The van der Waals surface area contributed by atoms with Gasteiger partial charge in [0.05, 0.1) is 6.10 Å².